The van der Waals surface area contributed by atoms with Crippen molar-refractivity contribution in [1.82, 2.24) is 14.7 Å². The lowest BCUT2D eigenvalue weighted by Gasteiger charge is -2.17. The summed E-state index contributed by atoms with van der Waals surface area (Å²) in [7, 11) is 1.73. The number of benzene rings is 2. The summed E-state index contributed by atoms with van der Waals surface area (Å²) in [5.74, 6) is -0.276. The summed E-state index contributed by atoms with van der Waals surface area (Å²) in [6, 6.07) is 12.4. The van der Waals surface area contributed by atoms with Gasteiger partial charge in [0.25, 0.3) is 0 Å². The number of carbonyl (C=O) groups excluding carboxylic acids is 1. The minimum absolute atomic E-state index is 0.00978. The van der Waals surface area contributed by atoms with Crippen LogP contribution in [0.5, 0.6) is 0 Å². The Hall–Kier alpha value is -2.69. The molecule has 0 aliphatic rings. The summed E-state index contributed by atoms with van der Waals surface area (Å²) in [4.78, 5) is 13.9. The summed E-state index contributed by atoms with van der Waals surface area (Å²) in [6.07, 6.45) is 2.20. The Balaban J connectivity index is 1.63. The van der Waals surface area contributed by atoms with Crippen LogP contribution < -0.4 is 0 Å². The van der Waals surface area contributed by atoms with Crippen LogP contribution >= 0.6 is 0 Å². The minimum Gasteiger partial charge on any atom is -0.341 e. The summed E-state index contributed by atoms with van der Waals surface area (Å²) in [5, 5.41) is 5.49. The van der Waals surface area contributed by atoms with Crippen LogP contribution in [0.4, 0.5) is 4.39 Å². The molecular formula is C19H20FN3O. The highest BCUT2D eigenvalue weighted by atomic mass is 19.1. The number of carbonyl (C=O) groups is 1. The molecule has 0 spiro atoms. The Morgan fingerprint density at radius 3 is 2.83 bits per heavy atom. The normalized spacial score (nSPS) is 11.0. The van der Waals surface area contributed by atoms with Crippen LogP contribution in [0.15, 0.2) is 48.7 Å². The zero-order chi connectivity index (χ0) is 17.1. The first-order valence-corrected chi connectivity index (χ1v) is 7.94. The van der Waals surface area contributed by atoms with E-state index in [1.807, 2.05) is 42.1 Å². The van der Waals surface area contributed by atoms with Crippen LogP contribution in [0.25, 0.3) is 10.9 Å². The second-order valence-corrected chi connectivity index (χ2v) is 6.01. The molecule has 0 aliphatic carbocycles. The Bertz CT molecular complexity index is 872. The number of hydrogen-bond donors (Lipinski definition) is 0. The van der Waals surface area contributed by atoms with Gasteiger partial charge in [0.2, 0.25) is 5.91 Å². The van der Waals surface area contributed by atoms with E-state index in [1.165, 1.54) is 17.7 Å². The van der Waals surface area contributed by atoms with Crippen molar-refractivity contribution in [2.45, 2.75) is 26.4 Å². The molecule has 2 aromatic carbocycles. The van der Waals surface area contributed by atoms with E-state index >= 15 is 0 Å². The predicted molar refractivity (Wildman–Crippen MR) is 92.0 cm³/mol. The van der Waals surface area contributed by atoms with Crippen molar-refractivity contribution in [2.75, 3.05) is 7.05 Å². The molecule has 24 heavy (non-hydrogen) atoms. The molecule has 0 saturated carbocycles. The second kappa shape index (κ2) is 6.83. The third kappa shape index (κ3) is 3.45. The maximum absolute atomic E-state index is 13.2. The number of aryl methyl sites for hydroxylation is 2. The zero-order valence-corrected chi connectivity index (χ0v) is 13.9. The van der Waals surface area contributed by atoms with Crippen LogP contribution in [0.3, 0.4) is 0 Å². The van der Waals surface area contributed by atoms with E-state index in [0.717, 1.165) is 16.5 Å². The number of nitrogens with zero attached hydrogens (tertiary/aromatic N) is 3. The van der Waals surface area contributed by atoms with Crippen LogP contribution in [-0.2, 0) is 17.9 Å². The lowest BCUT2D eigenvalue weighted by molar-refractivity contribution is -0.130. The van der Waals surface area contributed by atoms with E-state index in [1.54, 1.807) is 18.0 Å². The minimum atomic E-state index is -0.285. The maximum Gasteiger partial charge on any atom is 0.224 e. The Kier molecular flexibility index (Phi) is 4.60. The number of aromatic nitrogens is 2. The first kappa shape index (κ1) is 16.2. The molecule has 0 atom stereocenters. The van der Waals surface area contributed by atoms with Gasteiger partial charge in [0.1, 0.15) is 5.82 Å². The van der Waals surface area contributed by atoms with E-state index in [4.69, 9.17) is 0 Å². The van der Waals surface area contributed by atoms with Crippen molar-refractivity contribution in [3.05, 3.63) is 65.6 Å². The van der Waals surface area contributed by atoms with Crippen molar-refractivity contribution < 1.29 is 9.18 Å². The van der Waals surface area contributed by atoms with Gasteiger partial charge in [0.05, 0.1) is 18.3 Å². The molecule has 1 aromatic heterocycles. The van der Waals surface area contributed by atoms with Gasteiger partial charge in [-0.3, -0.25) is 9.48 Å². The standard InChI is InChI=1S/C19H20FN3O/c1-14-5-3-8-18-17(14)12-21-23(18)10-9-19(24)22(2)13-15-6-4-7-16(20)11-15/h3-8,11-12H,9-10,13H2,1-2H3. The molecule has 1 heterocycles. The number of amides is 1. The number of halogens is 1. The summed E-state index contributed by atoms with van der Waals surface area (Å²) < 4.78 is 15.1. The van der Waals surface area contributed by atoms with Gasteiger partial charge in [-0.15, -0.1) is 0 Å². The molecule has 5 heteroatoms. The van der Waals surface area contributed by atoms with Crippen LogP contribution in [0.2, 0.25) is 0 Å². The molecule has 124 valence electrons. The zero-order valence-electron chi connectivity index (χ0n) is 13.9. The van der Waals surface area contributed by atoms with Gasteiger partial charge in [0.15, 0.2) is 0 Å². The van der Waals surface area contributed by atoms with Gasteiger partial charge in [-0.2, -0.15) is 5.10 Å². The van der Waals surface area contributed by atoms with Crippen LogP contribution in [-0.4, -0.2) is 27.6 Å². The Morgan fingerprint density at radius 2 is 2.04 bits per heavy atom. The molecule has 0 fully saturated rings. The third-order valence-corrected chi connectivity index (χ3v) is 4.18. The number of fused-ring (bicyclic) bond motifs is 1. The number of hydrogen-bond acceptors (Lipinski definition) is 2. The molecule has 0 saturated heterocycles. The lowest BCUT2D eigenvalue weighted by Crippen LogP contribution is -2.27. The fraction of sp³-hybridized carbons (Fsp3) is 0.263. The topological polar surface area (TPSA) is 38.1 Å². The molecule has 0 N–H and O–H groups in total. The SMILES string of the molecule is Cc1cccc2c1cnn2CCC(=O)N(C)Cc1cccc(F)c1. The van der Waals surface area contributed by atoms with Crippen molar-refractivity contribution >= 4 is 16.8 Å². The van der Waals surface area contributed by atoms with Crippen molar-refractivity contribution in [1.29, 1.82) is 0 Å². The molecule has 4 nitrogen and oxygen atoms in total. The second-order valence-electron chi connectivity index (χ2n) is 6.01. The Labute approximate surface area is 140 Å². The summed E-state index contributed by atoms with van der Waals surface area (Å²) in [6.45, 7) is 2.97. The van der Waals surface area contributed by atoms with Crippen molar-refractivity contribution in [3.63, 3.8) is 0 Å². The van der Waals surface area contributed by atoms with Gasteiger partial charge in [0, 0.05) is 25.4 Å². The largest absolute Gasteiger partial charge is 0.341 e. The fourth-order valence-electron chi connectivity index (χ4n) is 2.82. The van der Waals surface area contributed by atoms with Crippen LogP contribution in [0.1, 0.15) is 17.5 Å². The molecule has 0 aliphatic heterocycles. The van der Waals surface area contributed by atoms with Gasteiger partial charge in [-0.1, -0.05) is 24.3 Å². The van der Waals surface area contributed by atoms with Gasteiger partial charge in [-0.25, -0.2) is 4.39 Å². The van der Waals surface area contributed by atoms with Gasteiger partial charge >= 0.3 is 0 Å². The first-order valence-electron chi connectivity index (χ1n) is 7.94. The van der Waals surface area contributed by atoms with Crippen molar-refractivity contribution in [2.24, 2.45) is 0 Å². The molecule has 3 aromatic rings. The highest BCUT2D eigenvalue weighted by Gasteiger charge is 2.11. The monoisotopic (exact) mass is 325 g/mol. The molecule has 0 unspecified atom stereocenters. The van der Waals surface area contributed by atoms with Gasteiger partial charge in [-0.05, 0) is 36.2 Å². The molecule has 1 amide bonds. The Morgan fingerprint density at radius 1 is 1.25 bits per heavy atom. The van der Waals surface area contributed by atoms with Crippen molar-refractivity contribution in [3.8, 4) is 0 Å². The van der Waals surface area contributed by atoms with Crippen LogP contribution in [0, 0.1) is 12.7 Å². The molecule has 3 rings (SSSR count). The molecule has 0 bridgehead atoms. The first-order chi connectivity index (χ1) is 11.5. The highest BCUT2D eigenvalue weighted by Crippen LogP contribution is 2.18. The van der Waals surface area contributed by atoms with E-state index in [2.05, 4.69) is 5.10 Å². The quantitative estimate of drug-likeness (QED) is 0.720. The van der Waals surface area contributed by atoms with Gasteiger partial charge < -0.3 is 4.90 Å². The summed E-state index contributed by atoms with van der Waals surface area (Å²) in [5.41, 5.74) is 3.00. The average molecular weight is 325 g/mol. The lowest BCUT2D eigenvalue weighted by atomic mass is 10.1. The highest BCUT2D eigenvalue weighted by molar-refractivity contribution is 5.82. The summed E-state index contributed by atoms with van der Waals surface area (Å²) >= 11 is 0. The van der Waals surface area contributed by atoms with E-state index in [-0.39, 0.29) is 11.7 Å². The maximum atomic E-state index is 13.2. The average Bonchev–Trinajstić information content (AvgIpc) is 2.97. The smallest absolute Gasteiger partial charge is 0.224 e. The van der Waals surface area contributed by atoms with E-state index in [9.17, 15) is 9.18 Å². The van der Waals surface area contributed by atoms with E-state index in [0.29, 0.717) is 19.5 Å². The molecular weight excluding hydrogens is 305 g/mol. The fourth-order valence-corrected chi connectivity index (χ4v) is 2.82. The molecule has 0 radical (unpaired) electrons. The number of rotatable bonds is 5. The third-order valence-electron chi connectivity index (χ3n) is 4.18. The van der Waals surface area contributed by atoms with E-state index < -0.39 is 0 Å². The predicted octanol–water partition coefficient (Wildman–Crippen LogP) is 3.53.